The van der Waals surface area contributed by atoms with Gasteiger partial charge >= 0.3 is 0 Å². The highest BCUT2D eigenvalue weighted by molar-refractivity contribution is 4.88. The summed E-state index contributed by atoms with van der Waals surface area (Å²) in [4.78, 5) is 0. The predicted octanol–water partition coefficient (Wildman–Crippen LogP) is 2.15. The largest absolute Gasteiger partial charge is 0.374 e. The summed E-state index contributed by atoms with van der Waals surface area (Å²) in [5.41, 5.74) is 0. The predicted molar refractivity (Wildman–Crippen MR) is 42.9 cm³/mol. The van der Waals surface area contributed by atoms with Crippen LogP contribution in [0.4, 0.5) is 0 Å². The van der Waals surface area contributed by atoms with E-state index in [1.165, 1.54) is 6.42 Å². The van der Waals surface area contributed by atoms with E-state index < -0.39 is 0 Å². The minimum atomic E-state index is 0.288. The highest BCUT2D eigenvalue weighted by atomic mass is 16.5. The molecule has 0 amide bonds. The Morgan fingerprint density at radius 3 is 2.40 bits per heavy atom. The van der Waals surface area contributed by atoms with Crippen LogP contribution in [-0.4, -0.2) is 12.7 Å². The molecule has 2 atom stereocenters. The fourth-order valence-electron chi connectivity index (χ4n) is 1.16. The quantitative estimate of drug-likeness (QED) is 0.531. The Kier molecular flexibility index (Phi) is 2.69. The maximum atomic E-state index is 5.44. The van der Waals surface area contributed by atoms with Crippen LogP contribution >= 0.6 is 0 Å². The molecule has 0 aromatic rings. The minimum Gasteiger partial charge on any atom is -0.374 e. The summed E-state index contributed by atoms with van der Waals surface area (Å²) in [6.07, 6.45) is 6.43. The lowest BCUT2D eigenvalue weighted by molar-refractivity contribution is 0.0247. The van der Waals surface area contributed by atoms with Crippen LogP contribution in [0.1, 0.15) is 12.8 Å². The SMILES string of the molecule is C=C[C@H]1CC[C@H](C=C)OC1. The lowest BCUT2D eigenvalue weighted by Gasteiger charge is -2.24. The molecule has 0 unspecified atom stereocenters. The van der Waals surface area contributed by atoms with E-state index in [1.807, 2.05) is 12.2 Å². The first-order valence-electron chi connectivity index (χ1n) is 3.73. The average molecular weight is 138 g/mol. The molecular formula is C9H14O. The second-order valence-electron chi connectivity index (χ2n) is 2.68. The highest BCUT2D eigenvalue weighted by Gasteiger charge is 2.16. The zero-order chi connectivity index (χ0) is 7.40. The molecule has 1 rings (SSSR count). The monoisotopic (exact) mass is 138 g/mol. The van der Waals surface area contributed by atoms with Gasteiger partial charge in [0.15, 0.2) is 0 Å². The van der Waals surface area contributed by atoms with Gasteiger partial charge in [-0.15, -0.1) is 13.2 Å². The lowest BCUT2D eigenvalue weighted by atomic mass is 9.99. The maximum Gasteiger partial charge on any atom is 0.0753 e. The van der Waals surface area contributed by atoms with Gasteiger partial charge in [-0.3, -0.25) is 0 Å². The van der Waals surface area contributed by atoms with Gasteiger partial charge in [-0.05, 0) is 12.8 Å². The van der Waals surface area contributed by atoms with Crippen molar-refractivity contribution in [3.05, 3.63) is 25.3 Å². The third-order valence-electron chi connectivity index (χ3n) is 1.94. The Morgan fingerprint density at radius 2 is 2.00 bits per heavy atom. The molecule has 1 aliphatic heterocycles. The lowest BCUT2D eigenvalue weighted by Crippen LogP contribution is -2.22. The van der Waals surface area contributed by atoms with Crippen molar-refractivity contribution in [1.29, 1.82) is 0 Å². The van der Waals surface area contributed by atoms with Crippen LogP contribution in [0.25, 0.3) is 0 Å². The van der Waals surface area contributed by atoms with Crippen molar-refractivity contribution in [2.75, 3.05) is 6.61 Å². The molecule has 1 aliphatic rings. The van der Waals surface area contributed by atoms with Crippen molar-refractivity contribution < 1.29 is 4.74 Å². The topological polar surface area (TPSA) is 9.23 Å². The van der Waals surface area contributed by atoms with Crippen molar-refractivity contribution in [2.45, 2.75) is 18.9 Å². The van der Waals surface area contributed by atoms with E-state index in [2.05, 4.69) is 13.2 Å². The number of hydrogen-bond donors (Lipinski definition) is 0. The first-order chi connectivity index (χ1) is 4.86. The Balaban J connectivity index is 2.30. The molecule has 0 N–H and O–H groups in total. The molecule has 0 radical (unpaired) electrons. The van der Waals surface area contributed by atoms with Gasteiger partial charge in [-0.2, -0.15) is 0 Å². The van der Waals surface area contributed by atoms with Crippen molar-refractivity contribution in [2.24, 2.45) is 5.92 Å². The van der Waals surface area contributed by atoms with Crippen LogP contribution in [0.3, 0.4) is 0 Å². The van der Waals surface area contributed by atoms with Crippen LogP contribution in [0.2, 0.25) is 0 Å². The van der Waals surface area contributed by atoms with E-state index in [4.69, 9.17) is 4.74 Å². The highest BCUT2D eigenvalue weighted by Crippen LogP contribution is 2.19. The van der Waals surface area contributed by atoms with Gasteiger partial charge in [0.2, 0.25) is 0 Å². The van der Waals surface area contributed by atoms with Gasteiger partial charge < -0.3 is 4.74 Å². The molecule has 10 heavy (non-hydrogen) atoms. The average Bonchev–Trinajstić information content (AvgIpc) is 2.05. The summed E-state index contributed by atoms with van der Waals surface area (Å²) in [6, 6.07) is 0. The zero-order valence-corrected chi connectivity index (χ0v) is 6.25. The minimum absolute atomic E-state index is 0.288. The maximum absolute atomic E-state index is 5.44. The van der Waals surface area contributed by atoms with Crippen LogP contribution in [0, 0.1) is 5.92 Å². The molecule has 1 nitrogen and oxygen atoms in total. The van der Waals surface area contributed by atoms with E-state index >= 15 is 0 Å². The summed E-state index contributed by atoms with van der Waals surface area (Å²) in [5.74, 6) is 0.566. The van der Waals surface area contributed by atoms with E-state index in [1.54, 1.807) is 0 Å². The fraction of sp³-hybridized carbons (Fsp3) is 0.556. The molecular weight excluding hydrogens is 124 g/mol. The van der Waals surface area contributed by atoms with Gasteiger partial charge in [0.25, 0.3) is 0 Å². The molecule has 0 bridgehead atoms. The third kappa shape index (κ3) is 1.71. The number of ether oxygens (including phenoxy) is 1. The summed E-state index contributed by atoms with van der Waals surface area (Å²) in [6.45, 7) is 8.23. The van der Waals surface area contributed by atoms with Crippen LogP contribution < -0.4 is 0 Å². The Morgan fingerprint density at radius 1 is 1.20 bits per heavy atom. The van der Waals surface area contributed by atoms with E-state index in [0.29, 0.717) is 5.92 Å². The fourth-order valence-corrected chi connectivity index (χ4v) is 1.16. The van der Waals surface area contributed by atoms with Crippen molar-refractivity contribution >= 4 is 0 Å². The Hall–Kier alpha value is -0.560. The first-order valence-corrected chi connectivity index (χ1v) is 3.73. The van der Waals surface area contributed by atoms with E-state index in [0.717, 1.165) is 13.0 Å². The van der Waals surface area contributed by atoms with Crippen LogP contribution in [0.5, 0.6) is 0 Å². The Bertz CT molecular complexity index is 105. The van der Waals surface area contributed by atoms with Crippen molar-refractivity contribution in [3.8, 4) is 0 Å². The van der Waals surface area contributed by atoms with Crippen LogP contribution in [0.15, 0.2) is 25.3 Å². The molecule has 1 saturated heterocycles. The first kappa shape index (κ1) is 7.55. The smallest absolute Gasteiger partial charge is 0.0753 e. The molecule has 0 aromatic heterocycles. The normalized spacial score (nSPS) is 33.2. The molecule has 1 fully saturated rings. The van der Waals surface area contributed by atoms with Crippen molar-refractivity contribution in [1.82, 2.24) is 0 Å². The van der Waals surface area contributed by atoms with Crippen LogP contribution in [-0.2, 0) is 4.74 Å². The Labute approximate surface area is 62.4 Å². The molecule has 1 heterocycles. The van der Waals surface area contributed by atoms with Gasteiger partial charge in [-0.25, -0.2) is 0 Å². The summed E-state index contributed by atoms with van der Waals surface area (Å²) >= 11 is 0. The molecule has 0 saturated carbocycles. The van der Waals surface area contributed by atoms with E-state index in [9.17, 15) is 0 Å². The molecule has 0 spiro atoms. The second kappa shape index (κ2) is 3.57. The second-order valence-corrected chi connectivity index (χ2v) is 2.68. The van der Waals surface area contributed by atoms with Gasteiger partial charge in [0.1, 0.15) is 0 Å². The molecule has 1 heteroatoms. The standard InChI is InChI=1S/C9H14O/c1-3-8-5-6-9(4-2)10-7-8/h3-4,8-9H,1-2,5-7H2/t8-,9-/m0/s1. The third-order valence-corrected chi connectivity index (χ3v) is 1.94. The summed E-state index contributed by atoms with van der Waals surface area (Å²) in [5, 5.41) is 0. The molecule has 56 valence electrons. The van der Waals surface area contributed by atoms with Gasteiger partial charge in [0.05, 0.1) is 12.7 Å². The molecule has 0 aromatic carbocycles. The molecule has 0 aliphatic carbocycles. The van der Waals surface area contributed by atoms with Crippen molar-refractivity contribution in [3.63, 3.8) is 0 Å². The zero-order valence-electron chi connectivity index (χ0n) is 6.25. The van der Waals surface area contributed by atoms with Gasteiger partial charge in [-0.1, -0.05) is 12.2 Å². The van der Waals surface area contributed by atoms with Gasteiger partial charge in [0, 0.05) is 5.92 Å². The van der Waals surface area contributed by atoms with E-state index in [-0.39, 0.29) is 6.10 Å². The number of hydrogen-bond acceptors (Lipinski definition) is 1. The number of rotatable bonds is 2. The summed E-state index contributed by atoms with van der Waals surface area (Å²) in [7, 11) is 0. The summed E-state index contributed by atoms with van der Waals surface area (Å²) < 4.78 is 5.44.